The van der Waals surface area contributed by atoms with Crippen LogP contribution >= 0.6 is 0 Å². The predicted octanol–water partition coefficient (Wildman–Crippen LogP) is 2.18. The lowest BCUT2D eigenvalue weighted by Crippen LogP contribution is -2.36. The Morgan fingerprint density at radius 3 is 2.85 bits per heavy atom. The minimum absolute atomic E-state index is 0.309. The van der Waals surface area contributed by atoms with E-state index in [1.165, 1.54) is 0 Å². The fraction of sp³-hybridized carbons (Fsp3) is 0.474. The number of pyridine rings is 1. The molecule has 0 bridgehead atoms. The van der Waals surface area contributed by atoms with E-state index >= 15 is 0 Å². The maximum absolute atomic E-state index is 5.93. The van der Waals surface area contributed by atoms with Crippen LogP contribution in [0, 0.1) is 0 Å². The van der Waals surface area contributed by atoms with Crippen LogP contribution in [-0.2, 0) is 19.6 Å². The maximum atomic E-state index is 5.93. The van der Waals surface area contributed by atoms with Gasteiger partial charge in [-0.15, -0.1) is 10.2 Å². The molecule has 27 heavy (non-hydrogen) atoms. The predicted molar refractivity (Wildman–Crippen MR) is 101 cm³/mol. The van der Waals surface area contributed by atoms with Gasteiger partial charge in [-0.25, -0.2) is 0 Å². The molecule has 1 fully saturated rings. The van der Waals surface area contributed by atoms with Gasteiger partial charge >= 0.3 is 0 Å². The SMILES string of the molecule is CCn1c(CN(C)Cc2cc(-c3cccnc3)no2)nnc1C1CC(N)C1. The molecule has 0 spiro atoms. The van der Waals surface area contributed by atoms with Crippen molar-refractivity contribution in [3.63, 3.8) is 0 Å². The summed E-state index contributed by atoms with van der Waals surface area (Å²) in [6, 6.07) is 6.12. The molecule has 142 valence electrons. The highest BCUT2D eigenvalue weighted by atomic mass is 16.5. The van der Waals surface area contributed by atoms with E-state index in [9.17, 15) is 0 Å². The van der Waals surface area contributed by atoms with Gasteiger partial charge in [-0.05, 0) is 38.9 Å². The van der Waals surface area contributed by atoms with Crippen molar-refractivity contribution in [1.29, 1.82) is 0 Å². The number of hydrogen-bond acceptors (Lipinski definition) is 7. The van der Waals surface area contributed by atoms with Gasteiger partial charge in [0.25, 0.3) is 0 Å². The van der Waals surface area contributed by atoms with E-state index < -0.39 is 0 Å². The zero-order chi connectivity index (χ0) is 18.8. The first kappa shape index (κ1) is 17.8. The highest BCUT2D eigenvalue weighted by Crippen LogP contribution is 2.34. The van der Waals surface area contributed by atoms with Crippen molar-refractivity contribution in [2.45, 2.75) is 51.4 Å². The minimum atomic E-state index is 0.309. The molecule has 0 aromatic carbocycles. The first-order valence-electron chi connectivity index (χ1n) is 9.36. The Balaban J connectivity index is 1.41. The van der Waals surface area contributed by atoms with Crippen molar-refractivity contribution in [1.82, 2.24) is 29.8 Å². The lowest BCUT2D eigenvalue weighted by molar-refractivity contribution is 0.257. The Bertz CT molecular complexity index is 883. The van der Waals surface area contributed by atoms with E-state index in [-0.39, 0.29) is 0 Å². The van der Waals surface area contributed by atoms with Gasteiger partial charge in [0.1, 0.15) is 17.3 Å². The van der Waals surface area contributed by atoms with Crippen molar-refractivity contribution < 1.29 is 4.52 Å². The summed E-state index contributed by atoms with van der Waals surface area (Å²) < 4.78 is 7.71. The van der Waals surface area contributed by atoms with Gasteiger partial charge in [0.15, 0.2) is 5.76 Å². The van der Waals surface area contributed by atoms with Gasteiger partial charge in [-0.2, -0.15) is 0 Å². The molecule has 0 aliphatic heterocycles. The summed E-state index contributed by atoms with van der Waals surface area (Å²) in [5.74, 6) is 3.30. The van der Waals surface area contributed by atoms with E-state index in [2.05, 4.69) is 36.7 Å². The third kappa shape index (κ3) is 3.77. The first-order valence-corrected chi connectivity index (χ1v) is 9.36. The Hall–Kier alpha value is -2.58. The molecule has 3 aromatic heterocycles. The molecule has 8 nitrogen and oxygen atoms in total. The molecule has 0 radical (unpaired) electrons. The molecule has 0 atom stereocenters. The molecule has 1 aliphatic carbocycles. The summed E-state index contributed by atoms with van der Waals surface area (Å²) in [6.07, 6.45) is 5.53. The van der Waals surface area contributed by atoms with Crippen LogP contribution in [-0.4, -0.2) is 42.9 Å². The third-order valence-corrected chi connectivity index (χ3v) is 5.07. The van der Waals surface area contributed by atoms with Crippen LogP contribution < -0.4 is 5.73 Å². The van der Waals surface area contributed by atoms with Gasteiger partial charge < -0.3 is 14.8 Å². The second-order valence-electron chi connectivity index (χ2n) is 7.24. The van der Waals surface area contributed by atoms with Crippen LogP contribution in [0.4, 0.5) is 0 Å². The zero-order valence-electron chi connectivity index (χ0n) is 15.7. The summed E-state index contributed by atoms with van der Waals surface area (Å²) in [7, 11) is 2.04. The molecule has 0 unspecified atom stereocenters. The van der Waals surface area contributed by atoms with Crippen LogP contribution in [0.15, 0.2) is 35.1 Å². The van der Waals surface area contributed by atoms with E-state index in [0.29, 0.717) is 25.0 Å². The lowest BCUT2D eigenvalue weighted by Gasteiger charge is -2.31. The molecule has 4 rings (SSSR count). The second-order valence-corrected chi connectivity index (χ2v) is 7.24. The number of rotatable bonds is 7. The summed E-state index contributed by atoms with van der Waals surface area (Å²) in [5.41, 5.74) is 7.68. The highest BCUT2D eigenvalue weighted by Gasteiger charge is 2.32. The molecule has 1 aliphatic rings. The first-order chi connectivity index (χ1) is 13.1. The lowest BCUT2D eigenvalue weighted by atomic mass is 9.80. The summed E-state index contributed by atoms with van der Waals surface area (Å²) in [6.45, 7) is 4.34. The molecular weight excluding hydrogens is 342 g/mol. The van der Waals surface area contributed by atoms with Gasteiger partial charge in [-0.1, -0.05) is 5.16 Å². The largest absolute Gasteiger partial charge is 0.359 e. The number of nitrogens with two attached hydrogens (primary N) is 1. The molecular formula is C19H25N7O. The average molecular weight is 367 g/mol. The smallest absolute Gasteiger partial charge is 0.151 e. The van der Waals surface area contributed by atoms with Crippen molar-refractivity contribution in [3.8, 4) is 11.3 Å². The normalized spacial score (nSPS) is 19.4. The molecule has 3 heterocycles. The summed E-state index contributed by atoms with van der Waals surface area (Å²) >= 11 is 0. The third-order valence-electron chi connectivity index (χ3n) is 5.07. The molecule has 2 N–H and O–H groups in total. The van der Waals surface area contributed by atoms with E-state index in [1.54, 1.807) is 12.4 Å². The molecule has 1 saturated carbocycles. The molecule has 0 amide bonds. The number of hydrogen-bond donors (Lipinski definition) is 1. The van der Waals surface area contributed by atoms with E-state index in [1.807, 2.05) is 25.2 Å². The molecule has 8 heteroatoms. The average Bonchev–Trinajstić information content (AvgIpc) is 3.26. The quantitative estimate of drug-likeness (QED) is 0.683. The standard InChI is InChI=1S/C19H25N7O/c1-3-26-18(22-23-19(26)14-7-15(20)8-14)12-25(2)11-16-9-17(24-27-16)13-5-4-6-21-10-13/h4-6,9-10,14-15H,3,7-8,11-12,20H2,1-2H3. The van der Waals surface area contributed by atoms with Gasteiger partial charge in [0.05, 0.1) is 13.1 Å². The topological polar surface area (TPSA) is 98.9 Å². The van der Waals surface area contributed by atoms with Crippen LogP contribution in [0.1, 0.15) is 43.1 Å². The zero-order valence-corrected chi connectivity index (χ0v) is 15.7. The van der Waals surface area contributed by atoms with E-state index in [0.717, 1.165) is 48.1 Å². The second kappa shape index (κ2) is 7.58. The van der Waals surface area contributed by atoms with E-state index in [4.69, 9.17) is 10.3 Å². The monoisotopic (exact) mass is 367 g/mol. The van der Waals surface area contributed by atoms with Gasteiger partial charge in [-0.3, -0.25) is 9.88 Å². The Morgan fingerprint density at radius 2 is 2.15 bits per heavy atom. The van der Waals surface area contributed by atoms with Crippen LogP contribution in [0.25, 0.3) is 11.3 Å². The van der Waals surface area contributed by atoms with Crippen molar-refractivity contribution in [2.75, 3.05) is 7.05 Å². The van der Waals surface area contributed by atoms with Crippen LogP contribution in [0.2, 0.25) is 0 Å². The van der Waals surface area contributed by atoms with Crippen molar-refractivity contribution in [3.05, 3.63) is 48.0 Å². The Kier molecular flexibility index (Phi) is 5.00. The van der Waals surface area contributed by atoms with Crippen LogP contribution in [0.3, 0.4) is 0 Å². The number of nitrogens with zero attached hydrogens (tertiary/aromatic N) is 6. The number of aromatic nitrogens is 5. The summed E-state index contributed by atoms with van der Waals surface area (Å²) in [4.78, 5) is 6.27. The van der Waals surface area contributed by atoms with Gasteiger partial charge in [0.2, 0.25) is 0 Å². The van der Waals surface area contributed by atoms with Crippen molar-refractivity contribution >= 4 is 0 Å². The Labute approximate surface area is 158 Å². The fourth-order valence-electron chi connectivity index (χ4n) is 3.59. The highest BCUT2D eigenvalue weighted by molar-refractivity contribution is 5.57. The van der Waals surface area contributed by atoms with Crippen LogP contribution in [0.5, 0.6) is 0 Å². The fourth-order valence-corrected chi connectivity index (χ4v) is 3.59. The Morgan fingerprint density at radius 1 is 1.30 bits per heavy atom. The molecule has 0 saturated heterocycles. The van der Waals surface area contributed by atoms with Gasteiger partial charge in [0, 0.05) is 42.5 Å². The summed E-state index contributed by atoms with van der Waals surface area (Å²) in [5, 5.41) is 13.0. The molecule has 3 aromatic rings. The maximum Gasteiger partial charge on any atom is 0.151 e. The minimum Gasteiger partial charge on any atom is -0.359 e. The van der Waals surface area contributed by atoms with Crippen molar-refractivity contribution in [2.24, 2.45) is 5.73 Å².